The van der Waals surface area contributed by atoms with Crippen LogP contribution in [0, 0.1) is 11.3 Å². The van der Waals surface area contributed by atoms with Gasteiger partial charge in [0.25, 0.3) is 5.91 Å². The molecule has 1 aliphatic carbocycles. The van der Waals surface area contributed by atoms with Gasteiger partial charge in [-0.05, 0) is 36.0 Å². The number of fused-ring (bicyclic) bond motifs is 1. The van der Waals surface area contributed by atoms with Gasteiger partial charge in [-0.1, -0.05) is 18.2 Å². The Kier molecular flexibility index (Phi) is 3.18. The van der Waals surface area contributed by atoms with E-state index in [-0.39, 0.29) is 5.91 Å². The summed E-state index contributed by atoms with van der Waals surface area (Å²) in [5, 5.41) is 13.8. The van der Waals surface area contributed by atoms with E-state index in [4.69, 9.17) is 0 Å². The number of nitrogens with one attached hydrogen (secondary N) is 1. The molecule has 2 aromatic rings. The number of rotatable bonds is 4. The van der Waals surface area contributed by atoms with E-state index in [1.165, 1.54) is 6.42 Å². The third-order valence-electron chi connectivity index (χ3n) is 4.66. The second-order valence-electron chi connectivity index (χ2n) is 6.39. The minimum Gasteiger partial charge on any atom is -0.338 e. The monoisotopic (exact) mass is 315 g/mol. The van der Waals surface area contributed by atoms with Crippen LogP contribution < -0.4 is 0 Å². The van der Waals surface area contributed by atoms with Crippen molar-refractivity contribution >= 4 is 17.7 Å². The molecule has 1 saturated heterocycles. The topological polar surface area (TPSA) is 74.8 Å². The molecule has 0 bridgehead atoms. The fraction of sp³-hybridized carbons (Fsp3) is 0.467. The van der Waals surface area contributed by atoms with Crippen molar-refractivity contribution in [3.8, 4) is 0 Å². The van der Waals surface area contributed by atoms with E-state index in [1.54, 1.807) is 11.8 Å². The SMILES string of the molecule is C[C@]12C[C@H]1CN(C(=O)c1cccc(SCc3nn[nH]n3)c1)C2. The molecule has 2 heterocycles. The van der Waals surface area contributed by atoms with Crippen LogP contribution in [0.4, 0.5) is 0 Å². The summed E-state index contributed by atoms with van der Waals surface area (Å²) in [5.74, 6) is 2.16. The Morgan fingerprint density at radius 2 is 2.45 bits per heavy atom. The molecule has 114 valence electrons. The molecule has 1 aromatic heterocycles. The number of hydrogen-bond donors (Lipinski definition) is 1. The maximum absolute atomic E-state index is 12.6. The second-order valence-corrected chi connectivity index (χ2v) is 7.43. The molecule has 0 spiro atoms. The Hall–Kier alpha value is -1.89. The Morgan fingerprint density at radius 1 is 1.55 bits per heavy atom. The van der Waals surface area contributed by atoms with E-state index in [0.29, 0.717) is 22.9 Å². The van der Waals surface area contributed by atoms with Crippen LogP contribution in [0.5, 0.6) is 0 Å². The molecule has 2 aliphatic rings. The summed E-state index contributed by atoms with van der Waals surface area (Å²) in [6.45, 7) is 4.09. The number of likely N-dealkylation sites (tertiary alicyclic amines) is 1. The maximum atomic E-state index is 12.6. The molecular formula is C15H17N5OS. The number of thioether (sulfide) groups is 1. The quantitative estimate of drug-likeness (QED) is 0.873. The summed E-state index contributed by atoms with van der Waals surface area (Å²) in [4.78, 5) is 15.7. The van der Waals surface area contributed by atoms with Gasteiger partial charge in [-0.3, -0.25) is 4.79 Å². The Bertz CT molecular complexity index is 704. The molecule has 1 N–H and O–H groups in total. The van der Waals surface area contributed by atoms with Crippen molar-refractivity contribution in [1.82, 2.24) is 25.5 Å². The highest BCUT2D eigenvalue weighted by atomic mass is 32.2. The smallest absolute Gasteiger partial charge is 0.253 e. The fourth-order valence-corrected chi connectivity index (χ4v) is 4.00. The molecular weight excluding hydrogens is 298 g/mol. The lowest BCUT2D eigenvalue weighted by atomic mass is 10.1. The number of benzene rings is 1. The molecule has 0 unspecified atom stereocenters. The van der Waals surface area contributed by atoms with Crippen molar-refractivity contribution in [3.05, 3.63) is 35.7 Å². The third-order valence-corrected chi connectivity index (χ3v) is 5.65. The Morgan fingerprint density at radius 3 is 3.18 bits per heavy atom. The van der Waals surface area contributed by atoms with Gasteiger partial charge >= 0.3 is 0 Å². The zero-order valence-electron chi connectivity index (χ0n) is 12.3. The molecule has 6 nitrogen and oxygen atoms in total. The van der Waals surface area contributed by atoms with E-state index >= 15 is 0 Å². The molecule has 22 heavy (non-hydrogen) atoms. The molecule has 1 amide bonds. The highest BCUT2D eigenvalue weighted by Gasteiger charge is 2.57. The van der Waals surface area contributed by atoms with E-state index in [1.807, 2.05) is 29.2 Å². The van der Waals surface area contributed by atoms with E-state index in [0.717, 1.165) is 23.5 Å². The number of tetrazole rings is 1. The summed E-state index contributed by atoms with van der Waals surface area (Å²) in [6, 6.07) is 7.79. The lowest BCUT2D eigenvalue weighted by molar-refractivity contribution is 0.0766. The van der Waals surface area contributed by atoms with Gasteiger partial charge in [0.1, 0.15) is 0 Å². The maximum Gasteiger partial charge on any atom is 0.253 e. The van der Waals surface area contributed by atoms with Crippen molar-refractivity contribution in [1.29, 1.82) is 0 Å². The number of amides is 1. The zero-order chi connectivity index (χ0) is 15.2. The summed E-state index contributed by atoms with van der Waals surface area (Å²) in [7, 11) is 0. The first kappa shape index (κ1) is 13.8. The molecule has 2 fully saturated rings. The first-order valence-electron chi connectivity index (χ1n) is 7.38. The van der Waals surface area contributed by atoms with Crippen LogP contribution in [0.3, 0.4) is 0 Å². The lowest BCUT2D eigenvalue weighted by Gasteiger charge is -2.19. The zero-order valence-corrected chi connectivity index (χ0v) is 13.1. The standard InChI is InChI=1S/C15H17N5OS/c1-15-6-11(15)7-20(9-15)14(21)10-3-2-4-12(5-10)22-8-13-16-18-19-17-13/h2-5,11H,6-9H2,1H3,(H,16,17,18,19)/t11-,15+/m0/s1. The van der Waals surface area contributed by atoms with Crippen LogP contribution in [0.1, 0.15) is 29.5 Å². The number of nitrogens with zero attached hydrogens (tertiary/aromatic N) is 4. The van der Waals surface area contributed by atoms with Crippen LogP contribution in [0.2, 0.25) is 0 Å². The molecule has 0 radical (unpaired) electrons. The average molecular weight is 315 g/mol. The van der Waals surface area contributed by atoms with Gasteiger partial charge in [-0.2, -0.15) is 5.21 Å². The number of H-pyrrole nitrogens is 1. The van der Waals surface area contributed by atoms with Crippen molar-refractivity contribution in [2.75, 3.05) is 13.1 Å². The number of aromatic amines is 1. The molecule has 2 atom stereocenters. The molecule has 4 rings (SSSR count). The fourth-order valence-electron chi connectivity index (χ4n) is 3.20. The van der Waals surface area contributed by atoms with Gasteiger partial charge in [-0.15, -0.1) is 22.0 Å². The first-order chi connectivity index (χ1) is 10.6. The van der Waals surface area contributed by atoms with Crippen LogP contribution in [0.15, 0.2) is 29.2 Å². The minimum atomic E-state index is 0.149. The molecule has 1 aliphatic heterocycles. The predicted octanol–water partition coefficient (Wildman–Crippen LogP) is 1.97. The number of carbonyl (C=O) groups excluding carboxylic acids is 1. The average Bonchev–Trinajstić information content (AvgIpc) is 2.92. The van der Waals surface area contributed by atoms with Gasteiger partial charge in [-0.25, -0.2) is 0 Å². The summed E-state index contributed by atoms with van der Waals surface area (Å²) in [5.41, 5.74) is 1.16. The van der Waals surface area contributed by atoms with E-state index in [2.05, 4.69) is 27.5 Å². The number of hydrogen-bond acceptors (Lipinski definition) is 5. The summed E-state index contributed by atoms with van der Waals surface area (Å²) >= 11 is 1.61. The van der Waals surface area contributed by atoms with Crippen molar-refractivity contribution < 1.29 is 4.79 Å². The van der Waals surface area contributed by atoms with Crippen LogP contribution >= 0.6 is 11.8 Å². The van der Waals surface area contributed by atoms with Crippen molar-refractivity contribution in [2.45, 2.75) is 24.0 Å². The highest BCUT2D eigenvalue weighted by Crippen LogP contribution is 2.57. The Balaban J connectivity index is 1.43. The molecule has 1 aromatic carbocycles. The number of piperidine rings is 1. The van der Waals surface area contributed by atoms with E-state index < -0.39 is 0 Å². The van der Waals surface area contributed by atoms with Gasteiger partial charge in [0.2, 0.25) is 0 Å². The van der Waals surface area contributed by atoms with Crippen LogP contribution in [-0.4, -0.2) is 44.5 Å². The minimum absolute atomic E-state index is 0.149. The number of carbonyl (C=O) groups is 1. The van der Waals surface area contributed by atoms with Crippen molar-refractivity contribution in [2.24, 2.45) is 11.3 Å². The normalized spacial score (nSPS) is 26.0. The van der Waals surface area contributed by atoms with E-state index in [9.17, 15) is 4.79 Å². The molecule has 1 saturated carbocycles. The van der Waals surface area contributed by atoms with Gasteiger partial charge in [0.15, 0.2) is 5.82 Å². The summed E-state index contributed by atoms with van der Waals surface area (Å²) in [6.07, 6.45) is 1.28. The van der Waals surface area contributed by atoms with Gasteiger partial charge in [0, 0.05) is 23.5 Å². The summed E-state index contributed by atoms with van der Waals surface area (Å²) < 4.78 is 0. The third kappa shape index (κ3) is 2.49. The number of aromatic nitrogens is 4. The van der Waals surface area contributed by atoms with Crippen molar-refractivity contribution in [3.63, 3.8) is 0 Å². The largest absolute Gasteiger partial charge is 0.338 e. The van der Waals surface area contributed by atoms with Crippen LogP contribution in [0.25, 0.3) is 0 Å². The first-order valence-corrected chi connectivity index (χ1v) is 8.37. The lowest BCUT2D eigenvalue weighted by Crippen LogP contribution is -2.31. The Labute approximate surface area is 132 Å². The second kappa shape index (κ2) is 5.08. The van der Waals surface area contributed by atoms with Crippen LogP contribution in [-0.2, 0) is 5.75 Å². The molecule has 7 heteroatoms. The predicted molar refractivity (Wildman–Crippen MR) is 82.3 cm³/mol. The highest BCUT2D eigenvalue weighted by molar-refractivity contribution is 7.98. The van der Waals surface area contributed by atoms with Gasteiger partial charge in [0.05, 0.1) is 5.75 Å². The van der Waals surface area contributed by atoms with Gasteiger partial charge < -0.3 is 4.90 Å².